The van der Waals surface area contributed by atoms with E-state index < -0.39 is 0 Å². The molecular formula is C26H25N7O2. The zero-order valence-electron chi connectivity index (χ0n) is 19.4. The first-order chi connectivity index (χ1) is 17.2. The van der Waals surface area contributed by atoms with Crippen molar-refractivity contribution in [2.24, 2.45) is 0 Å². The molecule has 1 aliphatic rings. The highest BCUT2D eigenvalue weighted by Gasteiger charge is 2.20. The highest BCUT2D eigenvalue weighted by atomic mass is 16.4. The molecule has 4 heterocycles. The van der Waals surface area contributed by atoms with Gasteiger partial charge in [-0.3, -0.25) is 0 Å². The number of hydrogen-bond acceptors (Lipinski definition) is 7. The standard InChI is InChI=1S/C26H25N7O2/c1-19-22(28-25(35-19)20-8-4-2-5-9-20)17-33-26(34)32-18-27-23(16-24(32)29-33)31-14-12-30(13-15-31)21-10-6-3-7-11-21/h2-11,16,18H,12-15,17H2,1H3. The largest absolute Gasteiger partial charge is 0.441 e. The summed E-state index contributed by atoms with van der Waals surface area (Å²) in [6.45, 7) is 5.60. The van der Waals surface area contributed by atoms with Gasteiger partial charge in [0.2, 0.25) is 5.89 Å². The number of para-hydroxylation sites is 1. The Morgan fingerprint density at radius 2 is 1.60 bits per heavy atom. The van der Waals surface area contributed by atoms with Crippen LogP contribution in [-0.4, -0.2) is 50.3 Å². The minimum Gasteiger partial charge on any atom is -0.441 e. The highest BCUT2D eigenvalue weighted by Crippen LogP contribution is 2.22. The van der Waals surface area contributed by atoms with Crippen molar-refractivity contribution in [2.45, 2.75) is 13.5 Å². The molecule has 1 aliphatic heterocycles. The number of aromatic nitrogens is 5. The lowest BCUT2D eigenvalue weighted by molar-refractivity contribution is 0.535. The minimum atomic E-state index is -0.253. The third-order valence-electron chi connectivity index (χ3n) is 6.40. The van der Waals surface area contributed by atoms with E-state index in [-0.39, 0.29) is 12.2 Å². The molecule has 0 N–H and O–H groups in total. The van der Waals surface area contributed by atoms with E-state index in [1.54, 1.807) is 6.33 Å². The molecule has 9 heteroatoms. The second-order valence-electron chi connectivity index (χ2n) is 8.61. The molecule has 176 valence electrons. The topological polar surface area (TPSA) is 84.7 Å². The van der Waals surface area contributed by atoms with Crippen molar-refractivity contribution < 1.29 is 4.42 Å². The number of anilines is 2. The molecule has 9 nitrogen and oxygen atoms in total. The molecule has 0 amide bonds. The van der Waals surface area contributed by atoms with Gasteiger partial charge in [-0.1, -0.05) is 36.4 Å². The Hall–Kier alpha value is -4.40. The van der Waals surface area contributed by atoms with Crippen LogP contribution < -0.4 is 15.5 Å². The lowest BCUT2D eigenvalue weighted by Gasteiger charge is -2.36. The third-order valence-corrected chi connectivity index (χ3v) is 6.40. The normalized spacial score (nSPS) is 14.1. The van der Waals surface area contributed by atoms with Crippen molar-refractivity contribution in [1.29, 1.82) is 0 Å². The molecule has 1 fully saturated rings. The summed E-state index contributed by atoms with van der Waals surface area (Å²) in [5, 5.41) is 4.56. The van der Waals surface area contributed by atoms with Crippen LogP contribution in [0.5, 0.6) is 0 Å². The maximum absolute atomic E-state index is 13.0. The molecule has 0 radical (unpaired) electrons. The Labute approximate surface area is 201 Å². The highest BCUT2D eigenvalue weighted by molar-refractivity contribution is 5.54. The molecule has 2 aromatic carbocycles. The molecule has 5 aromatic rings. The van der Waals surface area contributed by atoms with Gasteiger partial charge in [0.05, 0.1) is 6.54 Å². The quantitative estimate of drug-likeness (QED) is 0.392. The van der Waals surface area contributed by atoms with E-state index >= 15 is 0 Å². The summed E-state index contributed by atoms with van der Waals surface area (Å²) in [5.41, 5.74) is 3.12. The van der Waals surface area contributed by atoms with Crippen molar-refractivity contribution in [1.82, 2.24) is 24.1 Å². The van der Waals surface area contributed by atoms with Crippen LogP contribution in [0.1, 0.15) is 11.5 Å². The number of nitrogens with zero attached hydrogens (tertiary/aromatic N) is 7. The molecule has 0 bridgehead atoms. The van der Waals surface area contributed by atoms with E-state index in [0.29, 0.717) is 23.0 Å². The van der Waals surface area contributed by atoms with Crippen molar-refractivity contribution >= 4 is 17.2 Å². The monoisotopic (exact) mass is 467 g/mol. The van der Waals surface area contributed by atoms with Gasteiger partial charge in [0.1, 0.15) is 23.6 Å². The second kappa shape index (κ2) is 8.75. The first-order valence-corrected chi connectivity index (χ1v) is 11.7. The van der Waals surface area contributed by atoms with E-state index in [1.807, 2.05) is 49.4 Å². The van der Waals surface area contributed by atoms with E-state index in [9.17, 15) is 4.79 Å². The average molecular weight is 468 g/mol. The van der Waals surface area contributed by atoms with Crippen LogP contribution in [0.25, 0.3) is 17.1 Å². The van der Waals surface area contributed by atoms with Gasteiger partial charge in [-0.05, 0) is 31.2 Å². The van der Waals surface area contributed by atoms with Crippen LogP contribution >= 0.6 is 0 Å². The van der Waals surface area contributed by atoms with E-state index in [4.69, 9.17) is 4.42 Å². The first kappa shape index (κ1) is 21.2. The Morgan fingerprint density at radius 3 is 2.34 bits per heavy atom. The van der Waals surface area contributed by atoms with Gasteiger partial charge in [-0.2, -0.15) is 0 Å². The van der Waals surface area contributed by atoms with Crippen molar-refractivity contribution in [3.8, 4) is 11.5 Å². The maximum Gasteiger partial charge on any atom is 0.351 e. The molecule has 0 saturated carbocycles. The molecule has 1 saturated heterocycles. The number of benzene rings is 2. The van der Waals surface area contributed by atoms with Gasteiger partial charge in [0.25, 0.3) is 0 Å². The van der Waals surface area contributed by atoms with E-state index in [2.05, 4.69) is 49.1 Å². The van der Waals surface area contributed by atoms with Crippen molar-refractivity contribution in [2.75, 3.05) is 36.0 Å². The summed E-state index contributed by atoms with van der Waals surface area (Å²) >= 11 is 0. The first-order valence-electron chi connectivity index (χ1n) is 11.7. The Balaban J connectivity index is 1.21. The average Bonchev–Trinajstić information content (AvgIpc) is 3.44. The smallest absolute Gasteiger partial charge is 0.351 e. The van der Waals surface area contributed by atoms with Gasteiger partial charge in [-0.15, -0.1) is 5.10 Å². The maximum atomic E-state index is 13.0. The molecular weight excluding hydrogens is 442 g/mol. The fraction of sp³-hybridized carbons (Fsp3) is 0.231. The summed E-state index contributed by atoms with van der Waals surface area (Å²) in [6, 6.07) is 22.0. The zero-order chi connectivity index (χ0) is 23.8. The van der Waals surface area contributed by atoms with Gasteiger partial charge >= 0.3 is 5.69 Å². The summed E-state index contributed by atoms with van der Waals surface area (Å²) < 4.78 is 8.72. The molecule has 0 aliphatic carbocycles. The van der Waals surface area contributed by atoms with Gasteiger partial charge in [0, 0.05) is 43.5 Å². The number of aryl methyl sites for hydroxylation is 1. The molecule has 0 unspecified atom stereocenters. The van der Waals surface area contributed by atoms with Crippen molar-refractivity contribution in [3.63, 3.8) is 0 Å². The zero-order valence-corrected chi connectivity index (χ0v) is 19.4. The number of oxazole rings is 1. The molecule has 0 atom stereocenters. The van der Waals surface area contributed by atoms with Crippen LogP contribution in [0, 0.1) is 6.92 Å². The van der Waals surface area contributed by atoms with Crippen LogP contribution in [0.15, 0.2) is 82.3 Å². The Bertz CT molecular complexity index is 1510. The second-order valence-corrected chi connectivity index (χ2v) is 8.61. The SMILES string of the molecule is Cc1oc(-c2ccccc2)nc1Cn1nc2cc(N3CCN(c4ccccc4)CC3)ncn2c1=O. The summed E-state index contributed by atoms with van der Waals surface area (Å²) in [7, 11) is 0. The van der Waals surface area contributed by atoms with Crippen LogP contribution in [0.4, 0.5) is 11.5 Å². The Kier molecular flexibility index (Phi) is 5.29. The van der Waals surface area contributed by atoms with Crippen LogP contribution in [0.2, 0.25) is 0 Å². The molecule has 0 spiro atoms. The third kappa shape index (κ3) is 4.05. The molecule has 35 heavy (non-hydrogen) atoms. The predicted molar refractivity (Wildman–Crippen MR) is 134 cm³/mol. The predicted octanol–water partition coefficient (Wildman–Crippen LogP) is 3.23. The lowest BCUT2D eigenvalue weighted by atomic mass is 10.2. The van der Waals surface area contributed by atoms with Gasteiger partial charge < -0.3 is 14.2 Å². The van der Waals surface area contributed by atoms with E-state index in [0.717, 1.165) is 37.6 Å². The minimum absolute atomic E-state index is 0.230. The van der Waals surface area contributed by atoms with Gasteiger partial charge in [-0.25, -0.2) is 23.8 Å². The lowest BCUT2D eigenvalue weighted by Crippen LogP contribution is -2.46. The van der Waals surface area contributed by atoms with Crippen LogP contribution in [-0.2, 0) is 6.54 Å². The fourth-order valence-corrected chi connectivity index (χ4v) is 4.44. The fourth-order valence-electron chi connectivity index (χ4n) is 4.44. The number of piperazine rings is 1. The summed E-state index contributed by atoms with van der Waals surface area (Å²) in [4.78, 5) is 26.7. The summed E-state index contributed by atoms with van der Waals surface area (Å²) in [5.74, 6) is 2.03. The molecule has 6 rings (SSSR count). The number of rotatable bonds is 5. The van der Waals surface area contributed by atoms with Crippen molar-refractivity contribution in [3.05, 3.63) is 95.0 Å². The summed E-state index contributed by atoms with van der Waals surface area (Å²) in [6.07, 6.45) is 1.56. The van der Waals surface area contributed by atoms with E-state index in [1.165, 1.54) is 14.8 Å². The van der Waals surface area contributed by atoms with Crippen LogP contribution in [0.3, 0.4) is 0 Å². The number of hydrogen-bond donors (Lipinski definition) is 0. The molecule has 3 aromatic heterocycles. The van der Waals surface area contributed by atoms with Gasteiger partial charge in [0.15, 0.2) is 5.65 Å². The number of fused-ring (bicyclic) bond motifs is 1. The Morgan fingerprint density at radius 1 is 0.914 bits per heavy atom.